The smallest absolute Gasteiger partial charge is 0.0832 e. The van der Waals surface area contributed by atoms with Gasteiger partial charge in [0, 0.05) is 25.0 Å². The van der Waals surface area contributed by atoms with Gasteiger partial charge in [0.15, 0.2) is 0 Å². The summed E-state index contributed by atoms with van der Waals surface area (Å²) in [5.74, 6) is 0. The number of nitrogens with one attached hydrogen (secondary N) is 1. The molecular formula is C13H16N4. The lowest BCUT2D eigenvalue weighted by Gasteiger charge is -2.05. The number of pyridine rings is 1. The van der Waals surface area contributed by atoms with E-state index in [-0.39, 0.29) is 0 Å². The minimum Gasteiger partial charge on any atom is -0.310 e. The zero-order valence-corrected chi connectivity index (χ0v) is 9.93. The summed E-state index contributed by atoms with van der Waals surface area (Å²) in [6.45, 7) is 2.93. The van der Waals surface area contributed by atoms with E-state index in [0.717, 1.165) is 23.8 Å². The van der Waals surface area contributed by atoms with Crippen molar-refractivity contribution in [2.45, 2.75) is 32.4 Å². The minimum atomic E-state index is 0.727. The highest BCUT2D eigenvalue weighted by molar-refractivity contribution is 5.31. The zero-order chi connectivity index (χ0) is 11.7. The first kappa shape index (κ1) is 10.5. The molecule has 2 aromatic rings. The molecule has 0 radical (unpaired) electrons. The lowest BCUT2D eigenvalue weighted by molar-refractivity contribution is 0.684. The molecule has 0 aliphatic heterocycles. The zero-order valence-electron chi connectivity index (χ0n) is 9.93. The Balaban J connectivity index is 1.77. The summed E-state index contributed by atoms with van der Waals surface area (Å²) in [4.78, 5) is 4.27. The Morgan fingerprint density at radius 2 is 2.24 bits per heavy atom. The van der Waals surface area contributed by atoms with Crippen LogP contribution in [0.1, 0.15) is 24.0 Å². The molecule has 0 bridgehead atoms. The van der Waals surface area contributed by atoms with Crippen molar-refractivity contribution in [1.29, 1.82) is 0 Å². The summed E-state index contributed by atoms with van der Waals surface area (Å²) in [7, 11) is 0. The fraction of sp³-hybridized carbons (Fsp3) is 0.385. The van der Waals surface area contributed by atoms with Crippen LogP contribution in [0.5, 0.6) is 0 Å². The normalized spacial score (nSPS) is 15.1. The lowest BCUT2D eigenvalue weighted by Crippen LogP contribution is -2.15. The van der Waals surface area contributed by atoms with Crippen LogP contribution < -0.4 is 5.32 Å². The third-order valence-corrected chi connectivity index (χ3v) is 2.93. The summed E-state index contributed by atoms with van der Waals surface area (Å²) in [6, 6.07) is 2.86. The van der Waals surface area contributed by atoms with Crippen LogP contribution in [0, 0.1) is 6.92 Å². The van der Waals surface area contributed by atoms with Crippen LogP contribution in [-0.2, 0) is 6.54 Å². The molecule has 4 heteroatoms. The second-order valence-corrected chi connectivity index (χ2v) is 4.67. The molecule has 0 spiro atoms. The highest BCUT2D eigenvalue weighted by Crippen LogP contribution is 2.19. The van der Waals surface area contributed by atoms with Crippen molar-refractivity contribution in [3.63, 3.8) is 0 Å². The van der Waals surface area contributed by atoms with E-state index in [1.807, 2.05) is 36.4 Å². The van der Waals surface area contributed by atoms with Crippen molar-refractivity contribution in [1.82, 2.24) is 20.1 Å². The van der Waals surface area contributed by atoms with Gasteiger partial charge in [-0.1, -0.05) is 0 Å². The van der Waals surface area contributed by atoms with Gasteiger partial charge in [-0.05, 0) is 37.0 Å². The molecule has 1 aliphatic carbocycles. The summed E-state index contributed by atoms with van der Waals surface area (Å²) in [5.41, 5.74) is 3.39. The fourth-order valence-corrected chi connectivity index (χ4v) is 1.80. The predicted molar refractivity (Wildman–Crippen MR) is 66.0 cm³/mol. The average molecular weight is 228 g/mol. The van der Waals surface area contributed by atoms with E-state index in [1.54, 1.807) is 0 Å². The first-order chi connectivity index (χ1) is 8.31. The molecule has 2 aromatic heterocycles. The van der Waals surface area contributed by atoms with Crippen molar-refractivity contribution in [3.05, 3.63) is 42.0 Å². The summed E-state index contributed by atoms with van der Waals surface area (Å²) in [5, 5.41) is 7.78. The second-order valence-electron chi connectivity index (χ2n) is 4.67. The molecule has 88 valence electrons. The van der Waals surface area contributed by atoms with E-state index in [1.165, 1.54) is 18.4 Å². The van der Waals surface area contributed by atoms with Crippen LogP contribution in [0.3, 0.4) is 0 Å². The molecule has 2 heterocycles. The molecule has 17 heavy (non-hydrogen) atoms. The monoisotopic (exact) mass is 228 g/mol. The molecule has 1 aliphatic rings. The number of rotatable bonds is 4. The first-order valence-corrected chi connectivity index (χ1v) is 6.00. The Kier molecular flexibility index (Phi) is 2.65. The topological polar surface area (TPSA) is 42.7 Å². The van der Waals surface area contributed by atoms with Crippen LogP contribution in [-0.4, -0.2) is 20.8 Å². The third-order valence-electron chi connectivity index (χ3n) is 2.93. The van der Waals surface area contributed by atoms with E-state index in [9.17, 15) is 0 Å². The van der Waals surface area contributed by atoms with Gasteiger partial charge in [-0.15, -0.1) is 0 Å². The van der Waals surface area contributed by atoms with E-state index >= 15 is 0 Å². The van der Waals surface area contributed by atoms with Gasteiger partial charge in [0.05, 0.1) is 18.1 Å². The summed E-state index contributed by atoms with van der Waals surface area (Å²) < 4.78 is 1.86. The maximum absolute atomic E-state index is 4.29. The standard InChI is InChI=1S/C13H16N4/c1-10-5-16-17(9-10)13-4-11(6-14-8-13)7-15-12-2-3-12/h4-6,8-9,12,15H,2-3,7H2,1H3. The van der Waals surface area contributed by atoms with Gasteiger partial charge < -0.3 is 5.32 Å². The van der Waals surface area contributed by atoms with Gasteiger partial charge in [-0.25, -0.2) is 4.68 Å². The number of hydrogen-bond donors (Lipinski definition) is 1. The summed E-state index contributed by atoms with van der Waals surface area (Å²) >= 11 is 0. The Morgan fingerprint density at radius 3 is 2.94 bits per heavy atom. The molecule has 0 aromatic carbocycles. The molecule has 1 N–H and O–H groups in total. The van der Waals surface area contributed by atoms with Crippen LogP contribution in [0.4, 0.5) is 0 Å². The molecule has 0 atom stereocenters. The highest BCUT2D eigenvalue weighted by Gasteiger charge is 2.19. The molecule has 0 amide bonds. The summed E-state index contributed by atoms with van der Waals surface area (Å²) in [6.07, 6.45) is 10.2. The largest absolute Gasteiger partial charge is 0.310 e. The van der Waals surface area contributed by atoms with Gasteiger partial charge in [-0.2, -0.15) is 5.10 Å². The average Bonchev–Trinajstić information content (AvgIpc) is 3.08. The van der Waals surface area contributed by atoms with Gasteiger partial charge in [0.1, 0.15) is 0 Å². The van der Waals surface area contributed by atoms with E-state index in [2.05, 4.69) is 21.5 Å². The van der Waals surface area contributed by atoms with Gasteiger partial charge in [-0.3, -0.25) is 4.98 Å². The molecule has 1 fully saturated rings. The van der Waals surface area contributed by atoms with Crippen LogP contribution >= 0.6 is 0 Å². The number of aromatic nitrogens is 3. The first-order valence-electron chi connectivity index (χ1n) is 6.00. The Hall–Kier alpha value is -1.68. The van der Waals surface area contributed by atoms with Crippen molar-refractivity contribution < 1.29 is 0 Å². The third kappa shape index (κ3) is 2.53. The molecule has 0 saturated heterocycles. The second kappa shape index (κ2) is 4.30. The lowest BCUT2D eigenvalue weighted by atomic mass is 10.2. The SMILES string of the molecule is Cc1cnn(-c2cncc(CNC3CC3)c2)c1. The van der Waals surface area contributed by atoms with Gasteiger partial charge in [0.25, 0.3) is 0 Å². The predicted octanol–water partition coefficient (Wildman–Crippen LogP) is 1.83. The molecule has 0 unspecified atom stereocenters. The molecule has 1 saturated carbocycles. The molecule has 3 rings (SSSR count). The van der Waals surface area contributed by atoms with Gasteiger partial charge in [0.2, 0.25) is 0 Å². The van der Waals surface area contributed by atoms with Crippen LogP contribution in [0.2, 0.25) is 0 Å². The minimum absolute atomic E-state index is 0.727. The maximum atomic E-state index is 4.29. The van der Waals surface area contributed by atoms with Crippen LogP contribution in [0.15, 0.2) is 30.9 Å². The van der Waals surface area contributed by atoms with Gasteiger partial charge >= 0.3 is 0 Å². The van der Waals surface area contributed by atoms with Crippen molar-refractivity contribution in [2.75, 3.05) is 0 Å². The number of hydrogen-bond acceptors (Lipinski definition) is 3. The van der Waals surface area contributed by atoms with E-state index in [0.29, 0.717) is 0 Å². The highest BCUT2D eigenvalue weighted by atomic mass is 15.3. The van der Waals surface area contributed by atoms with Crippen molar-refractivity contribution in [3.8, 4) is 5.69 Å². The molecule has 4 nitrogen and oxygen atoms in total. The molecular weight excluding hydrogens is 212 g/mol. The Morgan fingerprint density at radius 1 is 1.35 bits per heavy atom. The Labute approximate surface area is 101 Å². The van der Waals surface area contributed by atoms with E-state index < -0.39 is 0 Å². The Bertz CT molecular complexity index is 514. The van der Waals surface area contributed by atoms with Crippen LogP contribution in [0.25, 0.3) is 5.69 Å². The fourth-order valence-electron chi connectivity index (χ4n) is 1.80. The number of aryl methyl sites for hydroxylation is 1. The quantitative estimate of drug-likeness (QED) is 0.868. The maximum Gasteiger partial charge on any atom is 0.0832 e. The van der Waals surface area contributed by atoms with Crippen molar-refractivity contribution >= 4 is 0 Å². The van der Waals surface area contributed by atoms with Crippen molar-refractivity contribution in [2.24, 2.45) is 0 Å². The number of nitrogens with zero attached hydrogens (tertiary/aromatic N) is 3. The van der Waals surface area contributed by atoms with E-state index in [4.69, 9.17) is 0 Å².